The topological polar surface area (TPSA) is 21.3 Å². The summed E-state index contributed by atoms with van der Waals surface area (Å²) in [5, 5.41) is 3.17. The molecule has 2 nitrogen and oxygen atoms in total. The Morgan fingerprint density at radius 1 is 1.32 bits per heavy atom. The van der Waals surface area contributed by atoms with Crippen LogP contribution in [-0.4, -0.2) is 6.54 Å². The lowest BCUT2D eigenvalue weighted by molar-refractivity contribution is 0.305. The van der Waals surface area contributed by atoms with Gasteiger partial charge in [0, 0.05) is 17.0 Å². The highest BCUT2D eigenvalue weighted by molar-refractivity contribution is 7.16. The lowest BCUT2D eigenvalue weighted by Gasteiger charge is -2.11. The van der Waals surface area contributed by atoms with Gasteiger partial charge in [0.2, 0.25) is 0 Å². The highest BCUT2D eigenvalue weighted by atomic mass is 35.5. The molecule has 0 saturated heterocycles. The largest absolute Gasteiger partial charge is 0.488 e. The van der Waals surface area contributed by atoms with Gasteiger partial charge in [-0.15, -0.1) is 11.3 Å². The van der Waals surface area contributed by atoms with Crippen molar-refractivity contribution >= 4 is 22.9 Å². The standard InChI is InChI=1S/C14H15ClFNOS/c1-2-17-8-10-7-11(16)3-5-13(10)18-9-12-4-6-14(15)19-12/h3-7,17H,2,8-9H2,1H3. The van der Waals surface area contributed by atoms with Gasteiger partial charge in [-0.05, 0) is 36.9 Å². The van der Waals surface area contributed by atoms with Crippen molar-refractivity contribution in [3.63, 3.8) is 0 Å². The monoisotopic (exact) mass is 299 g/mol. The number of benzene rings is 1. The van der Waals surface area contributed by atoms with Crippen molar-refractivity contribution in [2.24, 2.45) is 0 Å². The minimum Gasteiger partial charge on any atom is -0.488 e. The first kappa shape index (κ1) is 14.3. The molecular formula is C14H15ClFNOS. The van der Waals surface area contributed by atoms with E-state index in [2.05, 4.69) is 5.32 Å². The van der Waals surface area contributed by atoms with Crippen molar-refractivity contribution in [2.45, 2.75) is 20.1 Å². The highest BCUT2D eigenvalue weighted by Crippen LogP contribution is 2.25. The Kier molecular flexibility index (Phi) is 5.19. The molecule has 0 bridgehead atoms. The maximum Gasteiger partial charge on any atom is 0.124 e. The fraction of sp³-hybridized carbons (Fsp3) is 0.286. The van der Waals surface area contributed by atoms with Crippen LogP contribution < -0.4 is 10.1 Å². The summed E-state index contributed by atoms with van der Waals surface area (Å²) in [5.74, 6) is 0.450. The lowest BCUT2D eigenvalue weighted by Crippen LogP contribution is -2.13. The first-order valence-electron chi connectivity index (χ1n) is 6.05. The van der Waals surface area contributed by atoms with Crippen LogP contribution in [0, 0.1) is 5.82 Å². The zero-order valence-electron chi connectivity index (χ0n) is 10.6. The smallest absolute Gasteiger partial charge is 0.124 e. The van der Waals surface area contributed by atoms with Crippen LogP contribution in [0.3, 0.4) is 0 Å². The Labute approximate surface area is 121 Å². The first-order valence-corrected chi connectivity index (χ1v) is 7.24. The second-order valence-corrected chi connectivity index (χ2v) is 5.83. The molecule has 0 spiro atoms. The van der Waals surface area contributed by atoms with Gasteiger partial charge in [0.25, 0.3) is 0 Å². The van der Waals surface area contributed by atoms with Crippen molar-refractivity contribution in [1.29, 1.82) is 0 Å². The molecule has 0 fully saturated rings. The van der Waals surface area contributed by atoms with Crippen LogP contribution >= 0.6 is 22.9 Å². The van der Waals surface area contributed by atoms with E-state index in [0.717, 1.165) is 21.3 Å². The molecule has 0 saturated carbocycles. The number of rotatable bonds is 6. The minimum atomic E-state index is -0.251. The Morgan fingerprint density at radius 2 is 2.16 bits per heavy atom. The quantitative estimate of drug-likeness (QED) is 0.862. The predicted octanol–water partition coefficient (Wildman–Crippen LogP) is 4.23. The molecule has 2 rings (SSSR count). The van der Waals surface area contributed by atoms with Gasteiger partial charge < -0.3 is 10.1 Å². The third-order valence-corrected chi connectivity index (χ3v) is 3.79. The van der Waals surface area contributed by atoms with E-state index in [1.165, 1.54) is 23.5 Å². The normalized spacial score (nSPS) is 10.7. The van der Waals surface area contributed by atoms with Crippen LogP contribution in [0.4, 0.5) is 4.39 Å². The molecule has 0 aliphatic heterocycles. The molecule has 2 aromatic rings. The van der Waals surface area contributed by atoms with Gasteiger partial charge in [0.15, 0.2) is 0 Å². The molecule has 5 heteroatoms. The molecule has 0 atom stereocenters. The SMILES string of the molecule is CCNCc1cc(F)ccc1OCc1ccc(Cl)s1. The van der Waals surface area contributed by atoms with Crippen LogP contribution in [0.2, 0.25) is 4.34 Å². The van der Waals surface area contributed by atoms with Gasteiger partial charge in [-0.1, -0.05) is 18.5 Å². The Hall–Kier alpha value is -1.10. The third-order valence-electron chi connectivity index (χ3n) is 2.59. The number of nitrogens with one attached hydrogen (secondary N) is 1. The molecule has 0 radical (unpaired) electrons. The fourth-order valence-electron chi connectivity index (χ4n) is 1.66. The molecule has 0 amide bonds. The van der Waals surface area contributed by atoms with Gasteiger partial charge in [-0.3, -0.25) is 0 Å². The van der Waals surface area contributed by atoms with E-state index in [9.17, 15) is 4.39 Å². The third kappa shape index (κ3) is 4.20. The number of thiophene rings is 1. The van der Waals surface area contributed by atoms with E-state index in [4.69, 9.17) is 16.3 Å². The molecule has 0 aliphatic rings. The number of hydrogen-bond donors (Lipinski definition) is 1. The van der Waals surface area contributed by atoms with Crippen molar-refractivity contribution in [2.75, 3.05) is 6.54 Å². The lowest BCUT2D eigenvalue weighted by atomic mass is 10.2. The zero-order chi connectivity index (χ0) is 13.7. The molecule has 1 heterocycles. The van der Waals surface area contributed by atoms with E-state index in [0.29, 0.717) is 18.9 Å². The summed E-state index contributed by atoms with van der Waals surface area (Å²) in [5.41, 5.74) is 0.824. The van der Waals surface area contributed by atoms with Crippen molar-refractivity contribution in [3.8, 4) is 5.75 Å². The predicted molar refractivity (Wildman–Crippen MR) is 77.4 cm³/mol. The minimum absolute atomic E-state index is 0.251. The molecule has 0 unspecified atom stereocenters. The number of hydrogen-bond acceptors (Lipinski definition) is 3. The summed E-state index contributed by atoms with van der Waals surface area (Å²) in [6.45, 7) is 3.88. The van der Waals surface area contributed by atoms with Crippen LogP contribution in [0.15, 0.2) is 30.3 Å². The van der Waals surface area contributed by atoms with Crippen molar-refractivity contribution < 1.29 is 9.13 Å². The molecule has 1 N–H and O–H groups in total. The average molecular weight is 300 g/mol. The van der Waals surface area contributed by atoms with E-state index >= 15 is 0 Å². The summed E-state index contributed by atoms with van der Waals surface area (Å²) in [6.07, 6.45) is 0. The molecule has 1 aromatic carbocycles. The van der Waals surface area contributed by atoms with Crippen molar-refractivity contribution in [1.82, 2.24) is 5.32 Å². The maximum absolute atomic E-state index is 13.2. The summed E-state index contributed by atoms with van der Waals surface area (Å²) in [4.78, 5) is 1.05. The summed E-state index contributed by atoms with van der Waals surface area (Å²) in [7, 11) is 0. The van der Waals surface area contributed by atoms with Gasteiger partial charge in [-0.2, -0.15) is 0 Å². The van der Waals surface area contributed by atoms with E-state index in [-0.39, 0.29) is 5.82 Å². The highest BCUT2D eigenvalue weighted by Gasteiger charge is 2.06. The Bertz CT molecular complexity index is 544. The van der Waals surface area contributed by atoms with E-state index < -0.39 is 0 Å². The molecule has 19 heavy (non-hydrogen) atoms. The fourth-order valence-corrected chi connectivity index (χ4v) is 2.67. The Morgan fingerprint density at radius 3 is 2.84 bits per heavy atom. The summed E-state index contributed by atoms with van der Waals surface area (Å²) >= 11 is 7.35. The van der Waals surface area contributed by atoms with Crippen LogP contribution in [0.25, 0.3) is 0 Å². The Balaban J connectivity index is 2.05. The van der Waals surface area contributed by atoms with Gasteiger partial charge in [0.1, 0.15) is 18.2 Å². The molecular weight excluding hydrogens is 285 g/mol. The maximum atomic E-state index is 13.2. The number of halogens is 2. The van der Waals surface area contributed by atoms with Gasteiger partial charge in [-0.25, -0.2) is 4.39 Å². The molecule has 0 aliphatic carbocycles. The van der Waals surface area contributed by atoms with Crippen LogP contribution in [-0.2, 0) is 13.2 Å². The molecule has 1 aromatic heterocycles. The zero-order valence-corrected chi connectivity index (χ0v) is 12.2. The van der Waals surface area contributed by atoms with Gasteiger partial charge >= 0.3 is 0 Å². The van der Waals surface area contributed by atoms with E-state index in [1.54, 1.807) is 6.07 Å². The van der Waals surface area contributed by atoms with Crippen molar-refractivity contribution in [3.05, 3.63) is 50.9 Å². The summed E-state index contributed by atoms with van der Waals surface area (Å²) in [6, 6.07) is 8.35. The first-order chi connectivity index (χ1) is 9.19. The van der Waals surface area contributed by atoms with Crippen LogP contribution in [0.5, 0.6) is 5.75 Å². The van der Waals surface area contributed by atoms with Gasteiger partial charge in [0.05, 0.1) is 4.34 Å². The second-order valence-electron chi connectivity index (χ2n) is 4.03. The number of ether oxygens (including phenoxy) is 1. The molecule has 102 valence electrons. The van der Waals surface area contributed by atoms with Crippen LogP contribution in [0.1, 0.15) is 17.4 Å². The second kappa shape index (κ2) is 6.89. The summed E-state index contributed by atoms with van der Waals surface area (Å²) < 4.78 is 19.7. The van der Waals surface area contributed by atoms with E-state index in [1.807, 2.05) is 19.1 Å². The average Bonchev–Trinajstić information content (AvgIpc) is 2.81.